The Bertz CT molecular complexity index is 1250. The van der Waals surface area contributed by atoms with Gasteiger partial charge >= 0.3 is 0 Å². The van der Waals surface area contributed by atoms with Gasteiger partial charge in [-0.05, 0) is 66.2 Å². The van der Waals surface area contributed by atoms with Gasteiger partial charge in [0, 0.05) is 18.0 Å². The zero-order valence-corrected chi connectivity index (χ0v) is 19.6. The number of hydrogen-bond donors (Lipinski definition) is 1. The molecule has 0 saturated carbocycles. The maximum atomic E-state index is 13.4. The maximum Gasteiger partial charge on any atom is 0.243 e. The molecule has 0 aliphatic carbocycles. The summed E-state index contributed by atoms with van der Waals surface area (Å²) < 4.78 is 69.3. The number of nitrogens with one attached hydrogen (secondary N) is 1. The summed E-state index contributed by atoms with van der Waals surface area (Å²) in [5.74, 6) is -0.410. The second-order valence-electron chi connectivity index (χ2n) is 7.56. The Balaban J connectivity index is 1.60. The lowest BCUT2D eigenvalue weighted by atomic mass is 10.1. The van der Waals surface area contributed by atoms with Crippen molar-refractivity contribution in [2.75, 3.05) is 13.1 Å². The van der Waals surface area contributed by atoms with Gasteiger partial charge in [-0.25, -0.2) is 21.2 Å². The molecule has 1 aromatic heterocycles. The van der Waals surface area contributed by atoms with Gasteiger partial charge in [0.05, 0.1) is 15.8 Å². The molecule has 1 aliphatic heterocycles. The van der Waals surface area contributed by atoms with Crippen LogP contribution in [0.25, 0.3) is 0 Å². The number of sulfonamides is 2. The number of piperidine rings is 1. The number of hydrogen-bond acceptors (Lipinski definition) is 5. The minimum absolute atomic E-state index is 0.0428. The van der Waals surface area contributed by atoms with Gasteiger partial charge in [0.25, 0.3) is 0 Å². The van der Waals surface area contributed by atoms with Gasteiger partial charge in [-0.3, -0.25) is 0 Å². The molecule has 1 fully saturated rings. The molecule has 3 aromatic rings. The highest BCUT2D eigenvalue weighted by atomic mass is 32.2. The fourth-order valence-electron chi connectivity index (χ4n) is 3.67. The summed E-state index contributed by atoms with van der Waals surface area (Å²) in [6, 6.07) is 13.8. The van der Waals surface area contributed by atoms with E-state index in [0.29, 0.717) is 18.7 Å². The third-order valence-corrected chi connectivity index (χ3v) is 9.68. The van der Waals surface area contributed by atoms with E-state index in [4.69, 9.17) is 0 Å². The Labute approximate surface area is 191 Å². The van der Waals surface area contributed by atoms with Crippen molar-refractivity contribution in [1.82, 2.24) is 9.03 Å². The minimum atomic E-state index is -3.98. The summed E-state index contributed by atoms with van der Waals surface area (Å²) in [7, 11) is -7.62. The Morgan fingerprint density at radius 1 is 0.844 bits per heavy atom. The lowest BCUT2D eigenvalue weighted by Crippen LogP contribution is -2.35. The summed E-state index contributed by atoms with van der Waals surface area (Å²) in [5.41, 5.74) is 0.599. The van der Waals surface area contributed by atoms with Crippen LogP contribution in [-0.4, -0.2) is 34.2 Å². The predicted octanol–water partition coefficient (Wildman–Crippen LogP) is 4.13. The van der Waals surface area contributed by atoms with Crippen LogP contribution in [0.3, 0.4) is 0 Å². The van der Waals surface area contributed by atoms with Crippen LogP contribution in [0, 0.1) is 5.82 Å². The molecule has 4 rings (SSSR count). The van der Waals surface area contributed by atoms with E-state index in [-0.39, 0.29) is 9.79 Å². The van der Waals surface area contributed by atoms with Crippen LogP contribution >= 0.6 is 11.3 Å². The van der Waals surface area contributed by atoms with Crippen molar-refractivity contribution in [2.24, 2.45) is 0 Å². The van der Waals surface area contributed by atoms with Crippen LogP contribution in [0.5, 0.6) is 0 Å². The lowest BCUT2D eigenvalue weighted by Gasteiger charge is -2.26. The molecule has 170 valence electrons. The highest BCUT2D eigenvalue weighted by Gasteiger charge is 2.28. The average Bonchev–Trinajstić information content (AvgIpc) is 3.34. The molecule has 1 atom stereocenters. The molecule has 1 saturated heterocycles. The van der Waals surface area contributed by atoms with E-state index in [0.717, 1.165) is 24.1 Å². The number of rotatable bonds is 7. The van der Waals surface area contributed by atoms with Crippen LogP contribution in [0.2, 0.25) is 0 Å². The van der Waals surface area contributed by atoms with Gasteiger partial charge in [0.2, 0.25) is 20.0 Å². The van der Waals surface area contributed by atoms with E-state index >= 15 is 0 Å². The van der Waals surface area contributed by atoms with Crippen molar-refractivity contribution in [3.05, 3.63) is 82.3 Å². The van der Waals surface area contributed by atoms with Crippen LogP contribution in [0.1, 0.15) is 35.7 Å². The smallest absolute Gasteiger partial charge is 0.207 e. The first-order valence-corrected chi connectivity index (χ1v) is 14.0. The van der Waals surface area contributed by atoms with Gasteiger partial charge in [0.15, 0.2) is 0 Å². The third-order valence-electron chi connectivity index (χ3n) is 5.39. The fraction of sp³-hybridized carbons (Fsp3) is 0.273. The molecule has 2 heterocycles. The number of nitrogens with zero attached hydrogens (tertiary/aromatic N) is 1. The average molecular weight is 495 g/mol. The molecule has 0 amide bonds. The summed E-state index contributed by atoms with van der Waals surface area (Å²) in [6.45, 7) is 0.953. The van der Waals surface area contributed by atoms with Crippen LogP contribution in [-0.2, 0) is 20.0 Å². The topological polar surface area (TPSA) is 83.5 Å². The minimum Gasteiger partial charge on any atom is -0.207 e. The molecule has 0 spiro atoms. The van der Waals surface area contributed by atoms with Gasteiger partial charge in [0.1, 0.15) is 5.82 Å². The van der Waals surface area contributed by atoms with Crippen molar-refractivity contribution in [3.8, 4) is 0 Å². The van der Waals surface area contributed by atoms with E-state index in [2.05, 4.69) is 4.72 Å². The number of halogens is 1. The number of thiophene rings is 1. The Kier molecular flexibility index (Phi) is 6.78. The second-order valence-corrected chi connectivity index (χ2v) is 12.2. The Hall–Kier alpha value is -2.11. The first-order chi connectivity index (χ1) is 15.3. The summed E-state index contributed by atoms with van der Waals surface area (Å²) in [4.78, 5) is 0.787. The van der Waals surface area contributed by atoms with Gasteiger partial charge in [-0.1, -0.05) is 24.6 Å². The molecule has 1 unspecified atom stereocenters. The van der Waals surface area contributed by atoms with Crippen molar-refractivity contribution in [2.45, 2.75) is 35.1 Å². The summed E-state index contributed by atoms with van der Waals surface area (Å²) in [5, 5.41) is 1.83. The van der Waals surface area contributed by atoms with E-state index < -0.39 is 31.9 Å². The Morgan fingerprint density at radius 3 is 2.06 bits per heavy atom. The van der Waals surface area contributed by atoms with Crippen molar-refractivity contribution in [3.63, 3.8) is 0 Å². The van der Waals surface area contributed by atoms with Crippen LogP contribution in [0.4, 0.5) is 4.39 Å². The van der Waals surface area contributed by atoms with Crippen molar-refractivity contribution in [1.29, 1.82) is 0 Å². The van der Waals surface area contributed by atoms with E-state index in [1.807, 2.05) is 11.4 Å². The first-order valence-electron chi connectivity index (χ1n) is 10.2. The maximum absolute atomic E-state index is 13.4. The molecular weight excluding hydrogens is 471 g/mol. The van der Waals surface area contributed by atoms with Gasteiger partial charge in [-0.2, -0.15) is 9.03 Å². The normalized spacial score (nSPS) is 16.7. The monoisotopic (exact) mass is 494 g/mol. The van der Waals surface area contributed by atoms with Gasteiger partial charge in [-0.15, -0.1) is 11.3 Å². The van der Waals surface area contributed by atoms with E-state index in [1.165, 1.54) is 64.2 Å². The standard InChI is InChI=1S/C22H23FN2O4S3/c23-18-8-6-17(7-9-18)22(21-5-4-16-30-21)24-31(26,27)19-10-12-20(13-11-19)32(28,29)25-14-2-1-3-15-25/h4-13,16,22,24H,1-3,14-15H2. The van der Waals surface area contributed by atoms with Crippen molar-refractivity contribution >= 4 is 31.4 Å². The quantitative estimate of drug-likeness (QED) is 0.535. The van der Waals surface area contributed by atoms with Crippen LogP contribution in [0.15, 0.2) is 75.8 Å². The third kappa shape index (κ3) is 4.94. The Morgan fingerprint density at radius 2 is 1.47 bits per heavy atom. The van der Waals surface area contributed by atoms with Crippen molar-refractivity contribution < 1.29 is 21.2 Å². The highest BCUT2D eigenvalue weighted by molar-refractivity contribution is 7.89. The summed E-state index contributed by atoms with van der Waals surface area (Å²) >= 11 is 1.38. The predicted molar refractivity (Wildman–Crippen MR) is 122 cm³/mol. The molecule has 0 radical (unpaired) electrons. The molecule has 6 nitrogen and oxygen atoms in total. The molecule has 2 aromatic carbocycles. The SMILES string of the molecule is O=S(=O)(NC(c1ccc(F)cc1)c1cccs1)c1ccc(S(=O)(=O)N2CCCCC2)cc1. The van der Waals surface area contributed by atoms with Crippen LogP contribution < -0.4 is 4.72 Å². The van der Waals surface area contributed by atoms with E-state index in [1.54, 1.807) is 6.07 Å². The number of benzene rings is 2. The van der Waals surface area contributed by atoms with Gasteiger partial charge < -0.3 is 0 Å². The highest BCUT2D eigenvalue weighted by Crippen LogP contribution is 2.29. The molecule has 0 bridgehead atoms. The molecule has 1 N–H and O–H groups in total. The second kappa shape index (κ2) is 9.40. The molecule has 32 heavy (non-hydrogen) atoms. The molecular formula is C22H23FN2O4S3. The zero-order valence-electron chi connectivity index (χ0n) is 17.1. The lowest BCUT2D eigenvalue weighted by molar-refractivity contribution is 0.346. The van der Waals surface area contributed by atoms with E-state index in [9.17, 15) is 21.2 Å². The largest absolute Gasteiger partial charge is 0.243 e. The molecule has 1 aliphatic rings. The summed E-state index contributed by atoms with van der Waals surface area (Å²) in [6.07, 6.45) is 2.65. The fourth-order valence-corrected chi connectivity index (χ4v) is 7.27. The molecule has 10 heteroatoms. The first kappa shape index (κ1) is 23.1. The zero-order chi connectivity index (χ0) is 22.8.